The zero-order valence-electron chi connectivity index (χ0n) is 8.87. The summed E-state index contributed by atoms with van der Waals surface area (Å²) in [6, 6.07) is 0. The smallest absolute Gasteiger partial charge is 0.185 e. The molecule has 0 aliphatic rings. The molecule has 0 aromatic carbocycles. The van der Waals surface area contributed by atoms with Crippen LogP contribution in [0.3, 0.4) is 0 Å². The van der Waals surface area contributed by atoms with Crippen LogP contribution in [0.4, 0.5) is 0 Å². The maximum absolute atomic E-state index is 5.47. The van der Waals surface area contributed by atoms with E-state index in [1.807, 2.05) is 27.9 Å². The largest absolute Gasteiger partial charge is 0.354 e. The van der Waals surface area contributed by atoms with Gasteiger partial charge in [0.1, 0.15) is 0 Å². The van der Waals surface area contributed by atoms with E-state index in [-0.39, 0.29) is 0 Å². The highest BCUT2D eigenvalue weighted by molar-refractivity contribution is 7.80. The number of hydrogen-bond donors (Lipinski definition) is 3. The molecule has 0 radical (unpaired) electrons. The lowest BCUT2D eigenvalue weighted by atomic mass is 10.7. The Balaban J connectivity index is 0. The van der Waals surface area contributed by atoms with Gasteiger partial charge in [0.25, 0.3) is 0 Å². The van der Waals surface area contributed by atoms with Crippen LogP contribution in [0.25, 0.3) is 0 Å². The lowest BCUT2D eigenvalue weighted by Crippen LogP contribution is -2.43. The van der Waals surface area contributed by atoms with Gasteiger partial charge in [0, 0.05) is 27.2 Å². The molecule has 0 spiro atoms. The maximum atomic E-state index is 5.47. The minimum absolute atomic E-state index is 0.664. The summed E-state index contributed by atoms with van der Waals surface area (Å²) < 4.78 is 0. The van der Waals surface area contributed by atoms with Crippen molar-refractivity contribution in [1.82, 2.24) is 15.3 Å². The Labute approximate surface area is 86.0 Å². The zero-order valence-corrected chi connectivity index (χ0v) is 9.69. The van der Waals surface area contributed by atoms with Crippen LogP contribution >= 0.6 is 12.2 Å². The van der Waals surface area contributed by atoms with Crippen LogP contribution in [-0.2, 0) is 0 Å². The maximum Gasteiger partial charge on any atom is 0.185 e. The van der Waals surface area contributed by atoms with E-state index in [0.29, 0.717) is 5.11 Å². The van der Waals surface area contributed by atoms with Gasteiger partial charge in [0.15, 0.2) is 5.11 Å². The molecule has 80 valence electrons. The molecular formula is C7H21N5S. The predicted octanol–water partition coefficient (Wildman–Crippen LogP) is -0.502. The average Bonchev–Trinajstić information content (AvgIpc) is 2.15. The van der Waals surface area contributed by atoms with Crippen molar-refractivity contribution in [3.8, 4) is 0 Å². The Kier molecular flexibility index (Phi) is 11.2. The van der Waals surface area contributed by atoms with E-state index in [1.165, 1.54) is 5.01 Å². The van der Waals surface area contributed by atoms with E-state index >= 15 is 0 Å². The Bertz CT molecular complexity index is 126. The van der Waals surface area contributed by atoms with E-state index in [2.05, 4.69) is 5.43 Å². The quantitative estimate of drug-likeness (QED) is 0.322. The van der Waals surface area contributed by atoms with Crippen LogP contribution in [0.1, 0.15) is 13.8 Å². The molecule has 0 amide bonds. The molecule has 0 aromatic heterocycles. The van der Waals surface area contributed by atoms with Crippen LogP contribution in [0.15, 0.2) is 0 Å². The highest BCUT2D eigenvalue weighted by Crippen LogP contribution is 1.86. The summed E-state index contributed by atoms with van der Waals surface area (Å²) in [6.07, 6.45) is 0. The van der Waals surface area contributed by atoms with E-state index in [4.69, 9.17) is 23.9 Å². The molecule has 0 atom stereocenters. The molecule has 0 aliphatic heterocycles. The standard InChI is InChI=1S/C5H13N3S.C2H8N2/c1-4-8(6)5(9)7(2)3;1-2-4-3/h4,6H2,1-3H3;4H,2-3H2,1H3. The van der Waals surface area contributed by atoms with Gasteiger partial charge in [-0.05, 0) is 19.1 Å². The minimum atomic E-state index is 0.664. The number of hydrogen-bond acceptors (Lipinski definition) is 4. The summed E-state index contributed by atoms with van der Waals surface area (Å²) in [4.78, 5) is 1.80. The molecule has 0 rings (SSSR count). The molecule has 6 heteroatoms. The van der Waals surface area contributed by atoms with Gasteiger partial charge in [-0.3, -0.25) is 16.3 Å². The lowest BCUT2D eigenvalue weighted by molar-refractivity contribution is 0.408. The van der Waals surface area contributed by atoms with Gasteiger partial charge in [-0.25, -0.2) is 5.84 Å². The molecule has 0 unspecified atom stereocenters. The topological polar surface area (TPSA) is 70.5 Å². The number of nitrogens with zero attached hydrogens (tertiary/aromatic N) is 2. The first-order valence-corrected chi connectivity index (χ1v) is 4.58. The van der Waals surface area contributed by atoms with Gasteiger partial charge in [-0.1, -0.05) is 6.92 Å². The molecule has 5 nitrogen and oxygen atoms in total. The summed E-state index contributed by atoms with van der Waals surface area (Å²) >= 11 is 4.93. The van der Waals surface area contributed by atoms with Crippen molar-refractivity contribution in [2.45, 2.75) is 13.8 Å². The number of nitrogens with one attached hydrogen (secondary N) is 1. The van der Waals surface area contributed by atoms with Crippen molar-refractivity contribution >= 4 is 17.3 Å². The molecule has 0 aliphatic carbocycles. The Hall–Kier alpha value is -0.430. The van der Waals surface area contributed by atoms with E-state index in [0.717, 1.165) is 13.1 Å². The van der Waals surface area contributed by atoms with Crippen LogP contribution in [0.2, 0.25) is 0 Å². The first-order chi connectivity index (χ1) is 6.01. The second kappa shape index (κ2) is 9.66. The average molecular weight is 207 g/mol. The Morgan fingerprint density at radius 2 is 1.77 bits per heavy atom. The summed E-state index contributed by atoms with van der Waals surface area (Å²) in [7, 11) is 3.75. The molecule has 5 N–H and O–H groups in total. The Morgan fingerprint density at radius 1 is 1.38 bits per heavy atom. The van der Waals surface area contributed by atoms with Crippen molar-refractivity contribution in [2.24, 2.45) is 11.7 Å². The number of hydrazine groups is 2. The van der Waals surface area contributed by atoms with Gasteiger partial charge in [0.2, 0.25) is 0 Å². The lowest BCUT2D eigenvalue weighted by Gasteiger charge is -2.22. The van der Waals surface area contributed by atoms with Crippen molar-refractivity contribution in [3.63, 3.8) is 0 Å². The first-order valence-electron chi connectivity index (χ1n) is 4.18. The van der Waals surface area contributed by atoms with Crippen LogP contribution in [0, 0.1) is 0 Å². The van der Waals surface area contributed by atoms with Gasteiger partial charge < -0.3 is 4.90 Å². The van der Waals surface area contributed by atoms with Gasteiger partial charge in [-0.2, -0.15) is 0 Å². The normalized spacial score (nSPS) is 8.46. The number of nitrogens with two attached hydrogens (primary N) is 2. The number of thiocarbonyl (C=S) groups is 1. The van der Waals surface area contributed by atoms with Crippen molar-refractivity contribution in [1.29, 1.82) is 0 Å². The monoisotopic (exact) mass is 207 g/mol. The van der Waals surface area contributed by atoms with E-state index in [1.54, 1.807) is 4.90 Å². The fourth-order valence-electron chi connectivity index (χ4n) is 0.392. The third-order valence-corrected chi connectivity index (χ3v) is 1.77. The van der Waals surface area contributed by atoms with Gasteiger partial charge >= 0.3 is 0 Å². The second-order valence-corrected chi connectivity index (χ2v) is 2.89. The molecule has 0 saturated carbocycles. The molecular weight excluding hydrogens is 186 g/mol. The predicted molar refractivity (Wildman–Crippen MR) is 60.7 cm³/mol. The van der Waals surface area contributed by atoms with Gasteiger partial charge in [0.05, 0.1) is 0 Å². The fourth-order valence-corrected chi connectivity index (χ4v) is 0.521. The highest BCUT2D eigenvalue weighted by Gasteiger charge is 2.01. The van der Waals surface area contributed by atoms with E-state index < -0.39 is 0 Å². The molecule has 0 bridgehead atoms. The van der Waals surface area contributed by atoms with E-state index in [9.17, 15) is 0 Å². The second-order valence-electron chi connectivity index (χ2n) is 2.52. The Morgan fingerprint density at radius 3 is 1.85 bits per heavy atom. The highest BCUT2D eigenvalue weighted by atomic mass is 32.1. The molecule has 13 heavy (non-hydrogen) atoms. The van der Waals surface area contributed by atoms with Crippen LogP contribution < -0.4 is 17.1 Å². The van der Waals surface area contributed by atoms with Crippen molar-refractivity contribution in [2.75, 3.05) is 27.2 Å². The third kappa shape index (κ3) is 9.48. The summed E-state index contributed by atoms with van der Waals surface area (Å²) in [5, 5.41) is 2.19. The third-order valence-electron chi connectivity index (χ3n) is 1.17. The summed E-state index contributed by atoms with van der Waals surface area (Å²) in [5.74, 6) is 10.2. The molecule has 0 aromatic rings. The molecule has 0 heterocycles. The zero-order chi connectivity index (χ0) is 10.9. The SMILES string of the molecule is CCN(N)C(=S)N(C)C.CCNN. The van der Waals surface area contributed by atoms with Gasteiger partial charge in [-0.15, -0.1) is 0 Å². The molecule has 0 fully saturated rings. The fraction of sp³-hybridized carbons (Fsp3) is 0.857. The van der Waals surface area contributed by atoms with Crippen LogP contribution in [-0.4, -0.2) is 42.2 Å². The van der Waals surface area contributed by atoms with Crippen LogP contribution in [0.5, 0.6) is 0 Å². The van der Waals surface area contributed by atoms with Crippen molar-refractivity contribution in [3.05, 3.63) is 0 Å². The van der Waals surface area contributed by atoms with Crippen molar-refractivity contribution < 1.29 is 0 Å². The number of rotatable bonds is 2. The summed E-state index contributed by atoms with van der Waals surface area (Å²) in [5.41, 5.74) is 2.43. The molecule has 0 saturated heterocycles. The minimum Gasteiger partial charge on any atom is -0.354 e. The first kappa shape index (κ1) is 15.1. The summed E-state index contributed by atoms with van der Waals surface area (Å²) in [6.45, 7) is 5.49.